The lowest BCUT2D eigenvalue weighted by Crippen LogP contribution is -2.54. The molecule has 7 nitrogen and oxygen atoms in total. The monoisotopic (exact) mass is 419 g/mol. The zero-order chi connectivity index (χ0) is 19.8. The number of imide groups is 2. The van der Waals surface area contributed by atoms with Gasteiger partial charge in [-0.3, -0.25) is 14.9 Å². The Morgan fingerprint density at radius 3 is 2.46 bits per heavy atom. The minimum absolute atomic E-state index is 0.184. The van der Waals surface area contributed by atoms with Crippen molar-refractivity contribution in [3.63, 3.8) is 0 Å². The van der Waals surface area contributed by atoms with Crippen molar-refractivity contribution >= 4 is 58.7 Å². The Morgan fingerprint density at radius 1 is 1.00 bits per heavy atom. The average molecular weight is 420 g/mol. The molecule has 0 radical (unpaired) electrons. The lowest BCUT2D eigenvalue weighted by Gasteiger charge is -2.26. The van der Waals surface area contributed by atoms with Crippen LogP contribution in [0.3, 0.4) is 0 Å². The number of halogens is 2. The second kappa shape index (κ2) is 7.33. The van der Waals surface area contributed by atoms with E-state index in [4.69, 9.17) is 27.6 Å². The van der Waals surface area contributed by atoms with Gasteiger partial charge in [0, 0.05) is 19.2 Å². The molecule has 0 unspecified atom stereocenters. The van der Waals surface area contributed by atoms with Crippen molar-refractivity contribution in [2.75, 3.05) is 22.9 Å². The summed E-state index contributed by atoms with van der Waals surface area (Å²) in [7, 11) is 0. The second-order valence-electron chi connectivity index (χ2n) is 6.43. The summed E-state index contributed by atoms with van der Waals surface area (Å²) < 4.78 is 5.74. The summed E-state index contributed by atoms with van der Waals surface area (Å²) in [5.74, 6) is -0.522. The highest BCUT2D eigenvalue weighted by atomic mass is 35.5. The second-order valence-corrected chi connectivity index (χ2v) is 7.24. The van der Waals surface area contributed by atoms with E-state index in [1.54, 1.807) is 12.1 Å². The van der Waals surface area contributed by atoms with Crippen LogP contribution in [0.1, 0.15) is 18.6 Å². The molecule has 1 N–H and O–H groups in total. The number of hydrogen-bond acceptors (Lipinski definition) is 5. The first-order valence-electron chi connectivity index (χ1n) is 8.65. The number of amides is 4. The van der Waals surface area contributed by atoms with E-state index < -0.39 is 17.8 Å². The van der Waals surface area contributed by atoms with Gasteiger partial charge in [0.15, 0.2) is 5.88 Å². The Labute approximate surface area is 170 Å². The standard InChI is InChI=1S/C19H15Cl2N3O4/c20-14-5-3-11(9-15(14)21)24-18(26)13(17(25)22-19(24)27)10-12-4-6-16(28-12)23-7-1-2-8-23/h3-6,9-10H,1-2,7-8H2,(H,22,25,27)/b13-10-. The molecule has 0 saturated carbocycles. The van der Waals surface area contributed by atoms with Crippen LogP contribution >= 0.6 is 23.2 Å². The largest absolute Gasteiger partial charge is 0.441 e. The van der Waals surface area contributed by atoms with Crippen LogP contribution in [0.5, 0.6) is 0 Å². The Morgan fingerprint density at radius 2 is 1.75 bits per heavy atom. The topological polar surface area (TPSA) is 82.9 Å². The maximum atomic E-state index is 12.9. The number of hydrogen-bond donors (Lipinski definition) is 1. The Bertz CT molecular complexity index is 1010. The highest BCUT2D eigenvalue weighted by molar-refractivity contribution is 6.43. The van der Waals surface area contributed by atoms with Gasteiger partial charge < -0.3 is 9.32 Å². The van der Waals surface area contributed by atoms with E-state index in [9.17, 15) is 14.4 Å². The zero-order valence-corrected chi connectivity index (χ0v) is 16.1. The molecule has 2 saturated heterocycles. The number of urea groups is 1. The summed E-state index contributed by atoms with van der Waals surface area (Å²) >= 11 is 11.9. The van der Waals surface area contributed by atoms with Gasteiger partial charge in [0.25, 0.3) is 11.8 Å². The number of benzene rings is 1. The lowest BCUT2D eigenvalue weighted by atomic mass is 10.1. The van der Waals surface area contributed by atoms with Crippen molar-refractivity contribution in [3.05, 3.63) is 51.7 Å². The van der Waals surface area contributed by atoms with E-state index in [-0.39, 0.29) is 21.3 Å². The van der Waals surface area contributed by atoms with E-state index in [1.807, 2.05) is 0 Å². The molecule has 2 aliphatic rings. The number of furan rings is 1. The number of barbiturate groups is 1. The van der Waals surface area contributed by atoms with E-state index in [0.717, 1.165) is 30.8 Å². The average Bonchev–Trinajstić information content (AvgIpc) is 3.33. The van der Waals surface area contributed by atoms with Gasteiger partial charge in [0.1, 0.15) is 11.3 Å². The van der Waals surface area contributed by atoms with Crippen molar-refractivity contribution in [1.82, 2.24) is 5.32 Å². The number of rotatable bonds is 3. The minimum atomic E-state index is -0.859. The van der Waals surface area contributed by atoms with Crippen molar-refractivity contribution in [2.45, 2.75) is 12.8 Å². The molecule has 2 fully saturated rings. The summed E-state index contributed by atoms with van der Waals surface area (Å²) in [6, 6.07) is 6.94. The van der Waals surface area contributed by atoms with Crippen molar-refractivity contribution in [3.8, 4) is 0 Å². The van der Waals surface area contributed by atoms with E-state index in [1.165, 1.54) is 24.3 Å². The third-order valence-electron chi connectivity index (χ3n) is 4.58. The first-order valence-corrected chi connectivity index (χ1v) is 9.41. The third kappa shape index (κ3) is 3.39. The SMILES string of the molecule is O=C1NC(=O)N(c2ccc(Cl)c(Cl)c2)C(=O)/C1=C\c1ccc(N2CCCC2)o1. The normalized spacial score (nSPS) is 18.9. The first kappa shape index (κ1) is 18.6. The number of carbonyl (C=O) groups is 3. The quantitative estimate of drug-likeness (QED) is 0.603. The van der Waals surface area contributed by atoms with Crippen molar-refractivity contribution < 1.29 is 18.8 Å². The fourth-order valence-corrected chi connectivity index (χ4v) is 3.48. The van der Waals surface area contributed by atoms with Crippen LogP contribution in [-0.4, -0.2) is 30.9 Å². The summed E-state index contributed by atoms with van der Waals surface area (Å²) in [5, 5.41) is 2.62. The molecule has 2 aliphatic heterocycles. The van der Waals surface area contributed by atoms with Gasteiger partial charge in [-0.05, 0) is 43.2 Å². The highest BCUT2D eigenvalue weighted by Crippen LogP contribution is 2.30. The van der Waals surface area contributed by atoms with Crippen LogP contribution in [0.15, 0.2) is 40.3 Å². The lowest BCUT2D eigenvalue weighted by molar-refractivity contribution is -0.122. The number of anilines is 2. The smallest absolute Gasteiger partial charge is 0.335 e. The molecule has 1 aromatic heterocycles. The molecule has 3 heterocycles. The van der Waals surface area contributed by atoms with Crippen molar-refractivity contribution in [2.24, 2.45) is 0 Å². The van der Waals surface area contributed by atoms with Gasteiger partial charge in [0.2, 0.25) is 0 Å². The van der Waals surface area contributed by atoms with Gasteiger partial charge in [-0.1, -0.05) is 23.2 Å². The molecular weight excluding hydrogens is 405 g/mol. The Kier molecular flexibility index (Phi) is 4.87. The van der Waals surface area contributed by atoms with Crippen molar-refractivity contribution in [1.29, 1.82) is 0 Å². The summed E-state index contributed by atoms with van der Waals surface area (Å²) in [5.41, 5.74) is -0.0134. The first-order chi connectivity index (χ1) is 13.4. The molecule has 28 heavy (non-hydrogen) atoms. The van der Waals surface area contributed by atoms with E-state index >= 15 is 0 Å². The minimum Gasteiger partial charge on any atom is -0.441 e. The third-order valence-corrected chi connectivity index (χ3v) is 5.32. The van der Waals surface area contributed by atoms with Gasteiger partial charge in [-0.2, -0.15) is 0 Å². The molecule has 0 spiro atoms. The fraction of sp³-hybridized carbons (Fsp3) is 0.211. The maximum Gasteiger partial charge on any atom is 0.335 e. The van der Waals surface area contributed by atoms with Gasteiger partial charge in [-0.25, -0.2) is 9.69 Å². The molecule has 4 rings (SSSR count). The Hall–Kier alpha value is -2.77. The fourth-order valence-electron chi connectivity index (χ4n) is 3.19. The van der Waals surface area contributed by atoms with E-state index in [0.29, 0.717) is 11.6 Å². The van der Waals surface area contributed by atoms with Crippen LogP contribution in [0.25, 0.3) is 6.08 Å². The molecule has 0 bridgehead atoms. The zero-order valence-electron chi connectivity index (χ0n) is 14.6. The predicted molar refractivity (Wildman–Crippen MR) is 106 cm³/mol. The molecule has 0 aliphatic carbocycles. The molecule has 144 valence electrons. The highest BCUT2D eigenvalue weighted by Gasteiger charge is 2.37. The van der Waals surface area contributed by atoms with Gasteiger partial charge in [0.05, 0.1) is 15.7 Å². The maximum absolute atomic E-state index is 12.9. The molecular formula is C19H15Cl2N3O4. The summed E-state index contributed by atoms with van der Waals surface area (Å²) in [6.07, 6.45) is 3.52. The number of nitrogens with one attached hydrogen (secondary N) is 1. The number of nitrogens with zero attached hydrogens (tertiary/aromatic N) is 2. The van der Waals surface area contributed by atoms with E-state index in [2.05, 4.69) is 10.2 Å². The summed E-state index contributed by atoms with van der Waals surface area (Å²) in [6.45, 7) is 1.81. The number of carbonyl (C=O) groups excluding carboxylic acids is 3. The van der Waals surface area contributed by atoms with Crippen LogP contribution in [0, 0.1) is 0 Å². The van der Waals surface area contributed by atoms with Crippen LogP contribution in [-0.2, 0) is 9.59 Å². The van der Waals surface area contributed by atoms with Crippen LogP contribution < -0.4 is 15.1 Å². The molecule has 4 amide bonds. The molecule has 9 heteroatoms. The summed E-state index contributed by atoms with van der Waals surface area (Å²) in [4.78, 5) is 40.2. The van der Waals surface area contributed by atoms with Crippen LogP contribution in [0.2, 0.25) is 10.0 Å². The molecule has 0 atom stereocenters. The van der Waals surface area contributed by atoms with Gasteiger partial charge in [-0.15, -0.1) is 0 Å². The Balaban J connectivity index is 1.65. The molecule has 2 aromatic rings. The van der Waals surface area contributed by atoms with Crippen LogP contribution in [0.4, 0.5) is 16.4 Å². The molecule has 1 aromatic carbocycles. The predicted octanol–water partition coefficient (Wildman–Crippen LogP) is 3.85. The van der Waals surface area contributed by atoms with Gasteiger partial charge >= 0.3 is 6.03 Å².